The van der Waals surface area contributed by atoms with Crippen molar-refractivity contribution >= 4 is 38.6 Å². The predicted octanol–water partition coefficient (Wildman–Crippen LogP) is 3.88. The highest BCUT2D eigenvalue weighted by Gasteiger charge is 2.29. The number of nitrogens with zero attached hydrogens (tertiary/aromatic N) is 2. The minimum Gasteiger partial charge on any atom is -0.459 e. The van der Waals surface area contributed by atoms with Gasteiger partial charge in [-0.15, -0.1) is 0 Å². The molecule has 7 heteroatoms. The summed E-state index contributed by atoms with van der Waals surface area (Å²) in [5.41, 5.74) is 2.51. The van der Waals surface area contributed by atoms with E-state index in [0.29, 0.717) is 24.5 Å². The van der Waals surface area contributed by atoms with Crippen molar-refractivity contribution < 1.29 is 14.0 Å². The van der Waals surface area contributed by atoms with Crippen molar-refractivity contribution in [3.8, 4) is 0 Å². The van der Waals surface area contributed by atoms with E-state index in [0.717, 1.165) is 33.8 Å². The largest absolute Gasteiger partial charge is 0.459 e. The number of piperidine rings is 1. The summed E-state index contributed by atoms with van der Waals surface area (Å²) in [6, 6.07) is 9.77. The molecule has 6 nitrogen and oxygen atoms in total. The molecule has 1 aliphatic heterocycles. The maximum Gasteiger partial charge on any atom is 0.287 e. The number of carbonyl (C=O) groups is 2. The van der Waals surface area contributed by atoms with Crippen molar-refractivity contribution in [2.45, 2.75) is 25.8 Å². The second kappa shape index (κ2) is 7.47. The van der Waals surface area contributed by atoms with Gasteiger partial charge in [-0.1, -0.05) is 18.2 Å². The number of amides is 2. The van der Waals surface area contributed by atoms with Gasteiger partial charge < -0.3 is 19.2 Å². The van der Waals surface area contributed by atoms with Crippen molar-refractivity contribution in [1.82, 2.24) is 14.8 Å². The van der Waals surface area contributed by atoms with Crippen LogP contribution in [0, 0.1) is 6.92 Å². The maximum absolute atomic E-state index is 13.1. The molecule has 146 valence electrons. The van der Waals surface area contributed by atoms with Gasteiger partial charge in [0.15, 0.2) is 5.76 Å². The summed E-state index contributed by atoms with van der Waals surface area (Å²) in [7, 11) is 1.92. The van der Waals surface area contributed by atoms with Crippen LogP contribution in [-0.4, -0.2) is 40.4 Å². The monoisotopic (exact) mass is 443 g/mol. The van der Waals surface area contributed by atoms with Crippen molar-refractivity contribution in [3.05, 3.63) is 58.1 Å². The lowest BCUT2D eigenvalue weighted by Crippen LogP contribution is -2.47. The second-order valence-corrected chi connectivity index (χ2v) is 8.00. The van der Waals surface area contributed by atoms with Crippen molar-refractivity contribution in [1.29, 1.82) is 0 Å². The third-order valence-electron chi connectivity index (χ3n) is 5.43. The molecule has 1 aliphatic rings. The number of hydrogen-bond donors (Lipinski definition) is 1. The quantitative estimate of drug-likeness (QED) is 0.667. The van der Waals surface area contributed by atoms with Crippen LogP contribution in [0.2, 0.25) is 0 Å². The summed E-state index contributed by atoms with van der Waals surface area (Å²) in [5, 5.41) is 4.05. The average molecular weight is 444 g/mol. The molecule has 28 heavy (non-hydrogen) atoms. The van der Waals surface area contributed by atoms with Crippen LogP contribution in [0.3, 0.4) is 0 Å². The van der Waals surface area contributed by atoms with E-state index in [4.69, 9.17) is 4.42 Å². The number of rotatable bonds is 3. The lowest BCUT2D eigenvalue weighted by molar-refractivity contribution is 0.0686. The van der Waals surface area contributed by atoms with E-state index in [9.17, 15) is 9.59 Å². The Morgan fingerprint density at radius 2 is 1.89 bits per heavy atom. The van der Waals surface area contributed by atoms with Gasteiger partial charge in [0.2, 0.25) is 0 Å². The molecule has 0 unspecified atom stereocenters. The molecule has 0 aliphatic carbocycles. The van der Waals surface area contributed by atoms with Crippen LogP contribution in [0.25, 0.3) is 10.9 Å². The van der Waals surface area contributed by atoms with Crippen LogP contribution in [0.15, 0.2) is 45.5 Å². The van der Waals surface area contributed by atoms with Crippen molar-refractivity contribution in [2.75, 3.05) is 13.1 Å². The van der Waals surface area contributed by atoms with E-state index >= 15 is 0 Å². The van der Waals surface area contributed by atoms with Crippen LogP contribution in [-0.2, 0) is 7.05 Å². The molecule has 0 saturated carbocycles. The number of furan rings is 1. The zero-order valence-electron chi connectivity index (χ0n) is 15.9. The maximum atomic E-state index is 13.1. The van der Waals surface area contributed by atoms with E-state index in [-0.39, 0.29) is 17.9 Å². The molecule has 0 radical (unpaired) electrons. The Morgan fingerprint density at radius 3 is 2.54 bits per heavy atom. The molecule has 2 aromatic heterocycles. The van der Waals surface area contributed by atoms with Crippen LogP contribution < -0.4 is 5.32 Å². The number of fused-ring (bicyclic) bond motifs is 1. The van der Waals surface area contributed by atoms with Crippen molar-refractivity contribution in [3.63, 3.8) is 0 Å². The van der Waals surface area contributed by atoms with Gasteiger partial charge in [0.1, 0.15) is 5.69 Å². The number of aryl methyl sites for hydroxylation is 2. The third-order valence-corrected chi connectivity index (χ3v) is 6.24. The lowest BCUT2D eigenvalue weighted by atomic mass is 10.0. The summed E-state index contributed by atoms with van der Waals surface area (Å²) in [6.07, 6.45) is 2.96. The summed E-state index contributed by atoms with van der Waals surface area (Å²) >= 11 is 3.61. The number of para-hydroxylation sites is 1. The Kier molecular flexibility index (Phi) is 5.02. The Hall–Kier alpha value is -2.54. The second-order valence-electron chi connectivity index (χ2n) is 7.21. The van der Waals surface area contributed by atoms with E-state index in [1.807, 2.05) is 47.7 Å². The van der Waals surface area contributed by atoms with Gasteiger partial charge in [-0.05, 0) is 47.8 Å². The summed E-state index contributed by atoms with van der Waals surface area (Å²) in [4.78, 5) is 27.3. The number of likely N-dealkylation sites (tertiary alicyclic amines) is 1. The molecular weight excluding hydrogens is 422 g/mol. The van der Waals surface area contributed by atoms with Gasteiger partial charge in [0.05, 0.1) is 10.7 Å². The highest BCUT2D eigenvalue weighted by atomic mass is 79.9. The van der Waals surface area contributed by atoms with Crippen LogP contribution in [0.5, 0.6) is 0 Å². The number of halogens is 1. The highest BCUT2D eigenvalue weighted by Crippen LogP contribution is 2.31. The molecule has 0 bridgehead atoms. The van der Waals surface area contributed by atoms with Crippen LogP contribution in [0.1, 0.15) is 39.4 Å². The lowest BCUT2D eigenvalue weighted by Gasteiger charge is -2.32. The van der Waals surface area contributed by atoms with E-state index in [2.05, 4.69) is 21.2 Å². The van der Waals surface area contributed by atoms with Crippen LogP contribution >= 0.6 is 15.9 Å². The van der Waals surface area contributed by atoms with Gasteiger partial charge in [-0.2, -0.15) is 0 Å². The zero-order chi connectivity index (χ0) is 19.8. The molecule has 3 heterocycles. The number of hydrogen-bond acceptors (Lipinski definition) is 3. The SMILES string of the molecule is Cc1ccoc1C(=O)NC1CCN(C(=O)c2c(Br)c3ccccc3n2C)CC1. The Labute approximate surface area is 171 Å². The zero-order valence-corrected chi connectivity index (χ0v) is 17.5. The number of aromatic nitrogens is 1. The van der Waals surface area contributed by atoms with Gasteiger partial charge in [0, 0.05) is 42.6 Å². The first kappa shape index (κ1) is 18.8. The Balaban J connectivity index is 1.44. The van der Waals surface area contributed by atoms with Crippen molar-refractivity contribution in [2.24, 2.45) is 7.05 Å². The summed E-state index contributed by atoms with van der Waals surface area (Å²) in [5.74, 6) is 0.180. The number of benzene rings is 1. The molecule has 2 amide bonds. The first-order valence-corrected chi connectivity index (χ1v) is 10.1. The number of nitrogens with one attached hydrogen (secondary N) is 1. The summed E-state index contributed by atoms with van der Waals surface area (Å²) < 4.78 is 8.03. The standard InChI is InChI=1S/C21H22BrN3O3/c1-13-9-12-28-19(13)20(26)23-14-7-10-25(11-8-14)21(27)18-17(22)15-5-3-4-6-16(15)24(18)2/h3-6,9,12,14H,7-8,10-11H2,1-2H3,(H,23,26). The van der Waals surface area contributed by atoms with Gasteiger partial charge >= 0.3 is 0 Å². The molecule has 4 rings (SSSR count). The van der Waals surface area contributed by atoms with E-state index in [1.54, 1.807) is 6.07 Å². The minimum atomic E-state index is -0.191. The van der Waals surface area contributed by atoms with Crippen LogP contribution in [0.4, 0.5) is 0 Å². The molecule has 1 aromatic carbocycles. The fourth-order valence-corrected chi connectivity index (χ4v) is 4.59. The molecule has 0 atom stereocenters. The topological polar surface area (TPSA) is 67.5 Å². The van der Waals surface area contributed by atoms with E-state index in [1.165, 1.54) is 6.26 Å². The highest BCUT2D eigenvalue weighted by molar-refractivity contribution is 9.10. The van der Waals surface area contributed by atoms with Gasteiger partial charge in [0.25, 0.3) is 11.8 Å². The normalized spacial score (nSPS) is 15.2. The Bertz CT molecular complexity index is 1010. The third kappa shape index (κ3) is 3.24. The molecule has 1 fully saturated rings. The fourth-order valence-electron chi connectivity index (χ4n) is 3.82. The van der Waals surface area contributed by atoms with E-state index < -0.39 is 0 Å². The minimum absolute atomic E-state index is 0.0113. The first-order valence-electron chi connectivity index (χ1n) is 9.34. The van der Waals surface area contributed by atoms with Gasteiger partial charge in [-0.3, -0.25) is 9.59 Å². The number of carbonyl (C=O) groups excluding carboxylic acids is 2. The molecule has 1 N–H and O–H groups in total. The predicted molar refractivity (Wildman–Crippen MR) is 110 cm³/mol. The fraction of sp³-hybridized carbons (Fsp3) is 0.333. The smallest absolute Gasteiger partial charge is 0.287 e. The first-order chi connectivity index (χ1) is 13.5. The molecule has 0 spiro atoms. The average Bonchev–Trinajstić information content (AvgIpc) is 3.24. The van der Waals surface area contributed by atoms with Gasteiger partial charge in [-0.25, -0.2) is 0 Å². The Morgan fingerprint density at radius 1 is 1.18 bits per heavy atom. The molecular formula is C21H22BrN3O3. The molecule has 3 aromatic rings. The molecule has 1 saturated heterocycles. The summed E-state index contributed by atoms with van der Waals surface area (Å²) in [6.45, 7) is 3.06.